The molecule has 1 saturated heterocycles. The first-order chi connectivity index (χ1) is 18.2. The van der Waals surface area contributed by atoms with Gasteiger partial charge in [-0.15, -0.1) is 0 Å². The first-order valence-electron chi connectivity index (χ1n) is 13.0. The molecule has 202 valence electrons. The summed E-state index contributed by atoms with van der Waals surface area (Å²) < 4.78 is 40.6. The molecule has 1 fully saturated rings. The van der Waals surface area contributed by atoms with Crippen molar-refractivity contribution in [3.05, 3.63) is 64.7 Å². The highest BCUT2D eigenvalue weighted by Crippen LogP contribution is 2.34. The number of nitrogens with zero attached hydrogens (tertiary/aromatic N) is 4. The predicted molar refractivity (Wildman–Crippen MR) is 135 cm³/mol. The van der Waals surface area contributed by atoms with E-state index >= 15 is 0 Å². The molecular formula is C27H31F3N6O2. The third-order valence-corrected chi connectivity index (χ3v) is 7.65. The van der Waals surface area contributed by atoms with Crippen molar-refractivity contribution in [2.75, 3.05) is 18.4 Å². The van der Waals surface area contributed by atoms with Crippen molar-refractivity contribution in [3.63, 3.8) is 0 Å². The van der Waals surface area contributed by atoms with Crippen molar-refractivity contribution in [2.45, 2.75) is 70.0 Å². The van der Waals surface area contributed by atoms with Gasteiger partial charge >= 0.3 is 6.18 Å². The second-order valence-electron chi connectivity index (χ2n) is 10.2. The maximum Gasteiger partial charge on any atom is 0.395 e. The van der Waals surface area contributed by atoms with Gasteiger partial charge in [0.15, 0.2) is 5.69 Å². The summed E-state index contributed by atoms with van der Waals surface area (Å²) in [6, 6.07) is 6.19. The number of anilines is 1. The number of piperidine rings is 1. The number of likely N-dealkylation sites (tertiary alicyclic amines) is 1. The van der Waals surface area contributed by atoms with Gasteiger partial charge in [0.1, 0.15) is 0 Å². The Hall–Kier alpha value is -3.63. The highest BCUT2D eigenvalue weighted by molar-refractivity contribution is 6.03. The number of hydrogen-bond donors (Lipinski definition) is 2. The molecule has 2 aliphatic rings. The molecule has 38 heavy (non-hydrogen) atoms. The van der Waals surface area contributed by atoms with Gasteiger partial charge in [-0.3, -0.25) is 19.4 Å². The van der Waals surface area contributed by atoms with Gasteiger partial charge in [0.2, 0.25) is 5.91 Å². The lowest BCUT2D eigenvalue weighted by molar-refractivity contribution is -0.146. The summed E-state index contributed by atoms with van der Waals surface area (Å²) in [4.78, 5) is 27.4. The molecule has 0 bridgehead atoms. The minimum atomic E-state index is -4.29. The number of carbonyl (C=O) groups is 2. The monoisotopic (exact) mass is 528 g/mol. The molecule has 1 aliphatic heterocycles. The largest absolute Gasteiger partial charge is 0.395 e. The highest BCUT2D eigenvalue weighted by atomic mass is 19.4. The number of aryl methyl sites for hydroxylation is 1. The van der Waals surface area contributed by atoms with Gasteiger partial charge in [-0.05, 0) is 56.6 Å². The minimum absolute atomic E-state index is 0.0455. The van der Waals surface area contributed by atoms with Gasteiger partial charge in [0.05, 0.1) is 30.3 Å². The molecule has 0 saturated carbocycles. The molecule has 1 unspecified atom stereocenters. The molecule has 3 aromatic rings. The lowest BCUT2D eigenvalue weighted by atomic mass is 9.96. The fourth-order valence-corrected chi connectivity index (χ4v) is 5.24. The quantitative estimate of drug-likeness (QED) is 0.480. The number of fused-ring (bicyclic) bond motifs is 1. The molecule has 8 nitrogen and oxygen atoms in total. The molecule has 5 rings (SSSR count). The van der Waals surface area contributed by atoms with Crippen LogP contribution in [0.15, 0.2) is 36.7 Å². The summed E-state index contributed by atoms with van der Waals surface area (Å²) in [5.41, 5.74) is 3.98. The molecule has 2 aromatic heterocycles. The first kappa shape index (κ1) is 26.0. The Labute approximate surface area is 218 Å². The van der Waals surface area contributed by atoms with Gasteiger partial charge in [-0.25, -0.2) is 0 Å². The van der Waals surface area contributed by atoms with E-state index in [0.29, 0.717) is 30.0 Å². The number of carbonyl (C=O) groups excluding carboxylic acids is 2. The zero-order chi connectivity index (χ0) is 26.9. The lowest BCUT2D eigenvalue weighted by Crippen LogP contribution is -2.40. The zero-order valence-corrected chi connectivity index (χ0v) is 21.2. The maximum atomic E-state index is 12.9. The molecule has 1 atom stereocenters. The topological polar surface area (TPSA) is 95.9 Å². The fraction of sp³-hybridized carbons (Fsp3) is 0.481. The van der Waals surface area contributed by atoms with Crippen LogP contribution in [-0.4, -0.2) is 56.0 Å². The summed E-state index contributed by atoms with van der Waals surface area (Å²) in [5.74, 6) is -1.83. The van der Waals surface area contributed by atoms with Crippen LogP contribution in [0.2, 0.25) is 0 Å². The van der Waals surface area contributed by atoms with E-state index in [-0.39, 0.29) is 29.8 Å². The van der Waals surface area contributed by atoms with Gasteiger partial charge in [-0.2, -0.15) is 23.4 Å². The van der Waals surface area contributed by atoms with Crippen molar-refractivity contribution < 1.29 is 22.8 Å². The first-order valence-corrected chi connectivity index (χ1v) is 13.0. The van der Waals surface area contributed by atoms with Crippen LogP contribution in [0.3, 0.4) is 0 Å². The number of amides is 2. The second kappa shape index (κ2) is 10.6. The Kier molecular flexibility index (Phi) is 7.27. The third-order valence-electron chi connectivity index (χ3n) is 7.65. The standard InChI is InChI=1S/C27H31F3N6O2/c1-17(27(28,29)30)19-8-6-18(7-9-19)14-24(37)35-12-10-21(11-13-35)36-16-20(15-31-36)32-26(38)25-22-4-2-3-5-23(22)33-34-25/h6-9,15-17,21H,2-5,10-14H2,1H3,(H,32,38)(H,33,34). The number of benzene rings is 1. The minimum Gasteiger partial charge on any atom is -0.342 e. The SMILES string of the molecule is CC(c1ccc(CC(=O)N2CCC(n3cc(NC(=O)c4n[nH]c5c4CCCC5)cn3)CC2)cc1)C(F)(F)F. The molecule has 0 radical (unpaired) electrons. The molecule has 3 heterocycles. The van der Waals surface area contributed by atoms with Crippen molar-refractivity contribution in [2.24, 2.45) is 0 Å². The van der Waals surface area contributed by atoms with E-state index in [9.17, 15) is 22.8 Å². The Morgan fingerprint density at radius 2 is 1.84 bits per heavy atom. The summed E-state index contributed by atoms with van der Waals surface area (Å²) in [5, 5.41) is 14.5. The van der Waals surface area contributed by atoms with Crippen molar-refractivity contribution in [1.82, 2.24) is 24.9 Å². The predicted octanol–water partition coefficient (Wildman–Crippen LogP) is 4.81. The van der Waals surface area contributed by atoms with E-state index in [0.717, 1.165) is 56.7 Å². The van der Waals surface area contributed by atoms with E-state index in [1.807, 2.05) is 10.9 Å². The Morgan fingerprint density at radius 3 is 2.55 bits per heavy atom. The average molecular weight is 529 g/mol. The number of halogens is 3. The number of aromatic nitrogens is 4. The molecule has 2 amide bonds. The van der Waals surface area contributed by atoms with Crippen LogP contribution in [0.4, 0.5) is 18.9 Å². The molecule has 11 heteroatoms. The summed E-state index contributed by atoms with van der Waals surface area (Å²) in [7, 11) is 0. The van der Waals surface area contributed by atoms with Gasteiger partial charge < -0.3 is 10.2 Å². The van der Waals surface area contributed by atoms with E-state index < -0.39 is 12.1 Å². The van der Waals surface area contributed by atoms with E-state index in [1.54, 1.807) is 23.2 Å². The number of rotatable bonds is 6. The lowest BCUT2D eigenvalue weighted by Gasteiger charge is -2.32. The van der Waals surface area contributed by atoms with Crippen molar-refractivity contribution >= 4 is 17.5 Å². The second-order valence-corrected chi connectivity index (χ2v) is 10.2. The number of aromatic amines is 1. The van der Waals surface area contributed by atoms with Crippen molar-refractivity contribution in [1.29, 1.82) is 0 Å². The summed E-state index contributed by atoms with van der Waals surface area (Å²) in [6.07, 6.45) is 4.66. The third kappa shape index (κ3) is 5.61. The highest BCUT2D eigenvalue weighted by Gasteiger charge is 2.37. The van der Waals surface area contributed by atoms with Crippen LogP contribution in [0, 0.1) is 0 Å². The van der Waals surface area contributed by atoms with Crippen LogP contribution in [0.25, 0.3) is 0 Å². The normalized spacial score (nSPS) is 17.2. The molecular weight excluding hydrogens is 497 g/mol. The number of hydrogen-bond acceptors (Lipinski definition) is 4. The summed E-state index contributed by atoms with van der Waals surface area (Å²) in [6.45, 7) is 2.26. The van der Waals surface area contributed by atoms with E-state index in [4.69, 9.17) is 0 Å². The van der Waals surface area contributed by atoms with Gasteiger partial charge in [-0.1, -0.05) is 24.3 Å². The van der Waals surface area contributed by atoms with Crippen LogP contribution < -0.4 is 5.32 Å². The molecule has 0 spiro atoms. The fourth-order valence-electron chi connectivity index (χ4n) is 5.24. The number of alkyl halides is 3. The molecule has 2 N–H and O–H groups in total. The van der Waals surface area contributed by atoms with E-state index in [1.165, 1.54) is 12.1 Å². The summed E-state index contributed by atoms with van der Waals surface area (Å²) >= 11 is 0. The van der Waals surface area contributed by atoms with Gasteiger partial charge in [0, 0.05) is 30.5 Å². The smallest absolute Gasteiger partial charge is 0.342 e. The van der Waals surface area contributed by atoms with E-state index in [2.05, 4.69) is 20.6 Å². The Bertz CT molecular complexity index is 1290. The van der Waals surface area contributed by atoms with Crippen LogP contribution in [0.5, 0.6) is 0 Å². The maximum absolute atomic E-state index is 12.9. The molecule has 1 aliphatic carbocycles. The van der Waals surface area contributed by atoms with Crippen molar-refractivity contribution in [3.8, 4) is 0 Å². The van der Waals surface area contributed by atoms with Crippen LogP contribution in [0.1, 0.15) is 77.4 Å². The average Bonchev–Trinajstić information content (AvgIpc) is 3.55. The van der Waals surface area contributed by atoms with Crippen LogP contribution >= 0.6 is 0 Å². The van der Waals surface area contributed by atoms with Crippen LogP contribution in [-0.2, 0) is 24.1 Å². The Morgan fingerprint density at radius 1 is 1.13 bits per heavy atom. The number of H-pyrrole nitrogens is 1. The van der Waals surface area contributed by atoms with Gasteiger partial charge in [0.25, 0.3) is 5.91 Å². The molecule has 1 aromatic carbocycles. The number of nitrogens with one attached hydrogen (secondary N) is 2. The Balaban J connectivity index is 1.12. The zero-order valence-electron chi connectivity index (χ0n) is 21.2.